The van der Waals surface area contributed by atoms with Crippen molar-refractivity contribution in [1.82, 2.24) is 10.2 Å². The van der Waals surface area contributed by atoms with Gasteiger partial charge in [-0.05, 0) is 19.1 Å². The van der Waals surface area contributed by atoms with E-state index in [1.807, 2.05) is 13.0 Å². The van der Waals surface area contributed by atoms with E-state index in [1.54, 1.807) is 24.3 Å². The molecule has 1 aliphatic heterocycles. The minimum Gasteiger partial charge on any atom is -0.457 e. The Morgan fingerprint density at radius 2 is 2.11 bits per heavy atom. The third-order valence-electron chi connectivity index (χ3n) is 2.53. The summed E-state index contributed by atoms with van der Waals surface area (Å²) in [5, 5.41) is 9.26. The van der Waals surface area contributed by atoms with Crippen LogP contribution in [0.25, 0.3) is 0 Å². The topological polar surface area (TPSA) is 76.2 Å². The summed E-state index contributed by atoms with van der Waals surface area (Å²) in [4.78, 5) is 11.9. The number of nitrogens with zero attached hydrogens (tertiary/aromatic N) is 1. The van der Waals surface area contributed by atoms with Crippen LogP contribution in [0.5, 0.6) is 11.5 Å². The Labute approximate surface area is 109 Å². The molecule has 0 fully saturated rings. The SMILES string of the molecule is Cc1cc(NC(=O)C2=COc3ccccc3O2)n[nH]1. The number of rotatable bonds is 2. The van der Waals surface area contributed by atoms with Crippen LogP contribution in [0.4, 0.5) is 5.82 Å². The van der Waals surface area contributed by atoms with Crippen LogP contribution in [0, 0.1) is 6.92 Å². The first-order valence-electron chi connectivity index (χ1n) is 5.69. The van der Waals surface area contributed by atoms with Gasteiger partial charge in [-0.1, -0.05) is 12.1 Å². The predicted molar refractivity (Wildman–Crippen MR) is 67.7 cm³/mol. The fourth-order valence-corrected chi connectivity index (χ4v) is 1.65. The predicted octanol–water partition coefficient (Wildman–Crippen LogP) is 1.97. The van der Waals surface area contributed by atoms with E-state index in [-0.39, 0.29) is 5.76 Å². The maximum atomic E-state index is 11.9. The summed E-state index contributed by atoms with van der Waals surface area (Å²) in [6.45, 7) is 1.85. The smallest absolute Gasteiger partial charge is 0.295 e. The molecule has 0 unspecified atom stereocenters. The molecule has 1 aromatic carbocycles. The van der Waals surface area contributed by atoms with Gasteiger partial charge in [-0.3, -0.25) is 9.89 Å². The second kappa shape index (κ2) is 4.49. The number of para-hydroxylation sites is 2. The van der Waals surface area contributed by atoms with Gasteiger partial charge in [-0.15, -0.1) is 0 Å². The van der Waals surface area contributed by atoms with Crippen LogP contribution in [0.3, 0.4) is 0 Å². The molecule has 2 aromatic rings. The summed E-state index contributed by atoms with van der Waals surface area (Å²) < 4.78 is 10.8. The van der Waals surface area contributed by atoms with Gasteiger partial charge < -0.3 is 14.8 Å². The third kappa shape index (κ3) is 2.28. The number of aromatic amines is 1. The Balaban J connectivity index is 1.74. The van der Waals surface area contributed by atoms with E-state index in [0.29, 0.717) is 17.3 Å². The molecule has 0 saturated carbocycles. The fourth-order valence-electron chi connectivity index (χ4n) is 1.65. The van der Waals surface area contributed by atoms with Gasteiger partial charge in [-0.25, -0.2) is 0 Å². The van der Waals surface area contributed by atoms with Gasteiger partial charge in [0.25, 0.3) is 5.91 Å². The Bertz CT molecular complexity index is 661. The van der Waals surface area contributed by atoms with Crippen molar-refractivity contribution in [3.8, 4) is 11.5 Å². The zero-order valence-electron chi connectivity index (χ0n) is 10.1. The lowest BCUT2D eigenvalue weighted by Gasteiger charge is -2.16. The maximum absolute atomic E-state index is 11.9. The second-order valence-electron chi connectivity index (χ2n) is 4.04. The second-order valence-corrected chi connectivity index (χ2v) is 4.04. The van der Waals surface area contributed by atoms with E-state index in [2.05, 4.69) is 15.5 Å². The molecule has 0 spiro atoms. The zero-order chi connectivity index (χ0) is 13.2. The molecule has 6 nitrogen and oxygen atoms in total. The van der Waals surface area contributed by atoms with Crippen molar-refractivity contribution in [1.29, 1.82) is 0 Å². The molecule has 0 aliphatic carbocycles. The Hall–Kier alpha value is -2.76. The number of carbonyl (C=O) groups excluding carboxylic acids is 1. The summed E-state index contributed by atoms with van der Waals surface area (Å²) >= 11 is 0. The number of aryl methyl sites for hydroxylation is 1. The Morgan fingerprint density at radius 1 is 1.32 bits per heavy atom. The van der Waals surface area contributed by atoms with Gasteiger partial charge in [0.1, 0.15) is 6.26 Å². The minimum atomic E-state index is -0.416. The van der Waals surface area contributed by atoms with E-state index >= 15 is 0 Å². The monoisotopic (exact) mass is 257 g/mol. The number of H-pyrrole nitrogens is 1. The van der Waals surface area contributed by atoms with Gasteiger partial charge in [0.05, 0.1) is 0 Å². The molecule has 19 heavy (non-hydrogen) atoms. The standard InChI is InChI=1S/C13H11N3O3/c1-8-6-12(16-15-8)14-13(17)11-7-18-9-4-2-3-5-10(9)19-11/h2-7H,1H3,(H2,14,15,16,17). The van der Waals surface area contributed by atoms with Crippen molar-refractivity contribution >= 4 is 11.7 Å². The summed E-state index contributed by atoms with van der Waals surface area (Å²) in [6, 6.07) is 8.84. The number of benzene rings is 1. The van der Waals surface area contributed by atoms with Crippen LogP contribution in [0.1, 0.15) is 5.69 Å². The largest absolute Gasteiger partial charge is 0.457 e. The molecule has 2 N–H and O–H groups in total. The van der Waals surface area contributed by atoms with E-state index in [4.69, 9.17) is 9.47 Å². The first-order valence-corrected chi connectivity index (χ1v) is 5.69. The van der Waals surface area contributed by atoms with E-state index in [1.165, 1.54) is 6.26 Å². The number of amides is 1. The van der Waals surface area contributed by atoms with Crippen molar-refractivity contribution in [2.75, 3.05) is 5.32 Å². The van der Waals surface area contributed by atoms with Crippen LogP contribution in [0.15, 0.2) is 42.4 Å². The molecule has 0 saturated heterocycles. The molecule has 1 aliphatic rings. The summed E-state index contributed by atoms with van der Waals surface area (Å²) in [5.74, 6) is 1.19. The molecule has 0 atom stereocenters. The van der Waals surface area contributed by atoms with Gasteiger partial charge in [-0.2, -0.15) is 5.10 Å². The quantitative estimate of drug-likeness (QED) is 0.862. The molecule has 1 amide bonds. The van der Waals surface area contributed by atoms with Crippen LogP contribution >= 0.6 is 0 Å². The number of hydrogen-bond acceptors (Lipinski definition) is 4. The number of ether oxygens (including phenoxy) is 2. The lowest BCUT2D eigenvalue weighted by Crippen LogP contribution is -2.21. The highest BCUT2D eigenvalue weighted by molar-refractivity contribution is 6.02. The average molecular weight is 257 g/mol. The molecule has 0 radical (unpaired) electrons. The Kier molecular flexibility index (Phi) is 2.68. The minimum absolute atomic E-state index is 0.0827. The highest BCUT2D eigenvalue weighted by Crippen LogP contribution is 2.31. The maximum Gasteiger partial charge on any atom is 0.295 e. The van der Waals surface area contributed by atoms with Crippen molar-refractivity contribution in [2.45, 2.75) is 6.92 Å². The molecule has 3 rings (SSSR count). The molecule has 0 bridgehead atoms. The van der Waals surface area contributed by atoms with E-state index in [0.717, 1.165) is 5.69 Å². The number of anilines is 1. The van der Waals surface area contributed by atoms with Crippen LogP contribution in [0.2, 0.25) is 0 Å². The van der Waals surface area contributed by atoms with E-state index in [9.17, 15) is 4.79 Å². The zero-order valence-corrected chi connectivity index (χ0v) is 10.1. The van der Waals surface area contributed by atoms with Crippen molar-refractivity contribution in [2.24, 2.45) is 0 Å². The van der Waals surface area contributed by atoms with Crippen molar-refractivity contribution in [3.63, 3.8) is 0 Å². The first kappa shape index (κ1) is 11.3. The number of fused-ring (bicyclic) bond motifs is 1. The highest BCUT2D eigenvalue weighted by atomic mass is 16.6. The summed E-state index contributed by atoms with van der Waals surface area (Å²) in [6.07, 6.45) is 1.27. The molecule has 96 valence electrons. The van der Waals surface area contributed by atoms with Gasteiger partial charge in [0, 0.05) is 11.8 Å². The van der Waals surface area contributed by atoms with E-state index < -0.39 is 5.91 Å². The molecular weight excluding hydrogens is 246 g/mol. The molecule has 2 heterocycles. The first-order chi connectivity index (χ1) is 9.22. The lowest BCUT2D eigenvalue weighted by atomic mass is 10.3. The van der Waals surface area contributed by atoms with Gasteiger partial charge in [0.15, 0.2) is 17.3 Å². The fraction of sp³-hybridized carbons (Fsp3) is 0.0769. The average Bonchev–Trinajstić information content (AvgIpc) is 2.83. The number of aromatic nitrogens is 2. The molecule has 1 aromatic heterocycles. The van der Waals surface area contributed by atoms with Crippen LogP contribution < -0.4 is 14.8 Å². The Morgan fingerprint density at radius 3 is 2.84 bits per heavy atom. The van der Waals surface area contributed by atoms with Gasteiger partial charge >= 0.3 is 0 Å². The van der Waals surface area contributed by atoms with Crippen molar-refractivity contribution in [3.05, 3.63) is 48.0 Å². The third-order valence-corrected chi connectivity index (χ3v) is 2.53. The summed E-state index contributed by atoms with van der Waals surface area (Å²) in [5.41, 5.74) is 0.857. The van der Waals surface area contributed by atoms with Crippen LogP contribution in [-0.4, -0.2) is 16.1 Å². The van der Waals surface area contributed by atoms with Gasteiger partial charge in [0.2, 0.25) is 5.76 Å². The lowest BCUT2D eigenvalue weighted by molar-refractivity contribution is -0.115. The normalized spacial score (nSPS) is 12.8. The van der Waals surface area contributed by atoms with Crippen molar-refractivity contribution < 1.29 is 14.3 Å². The number of carbonyl (C=O) groups is 1. The summed E-state index contributed by atoms with van der Waals surface area (Å²) in [7, 11) is 0. The molecule has 6 heteroatoms. The number of hydrogen-bond donors (Lipinski definition) is 2. The highest BCUT2D eigenvalue weighted by Gasteiger charge is 2.20. The number of nitrogens with one attached hydrogen (secondary N) is 2. The van der Waals surface area contributed by atoms with Crippen LogP contribution in [-0.2, 0) is 4.79 Å². The molecular formula is C13H11N3O3.